The molecule has 12 heavy (non-hydrogen) atoms. The van der Waals surface area contributed by atoms with E-state index in [1.807, 2.05) is 12.3 Å². The summed E-state index contributed by atoms with van der Waals surface area (Å²) in [6, 6.07) is 4.00. The van der Waals surface area contributed by atoms with E-state index in [1.165, 1.54) is 0 Å². The van der Waals surface area contributed by atoms with E-state index >= 15 is 0 Å². The van der Waals surface area contributed by atoms with Crippen molar-refractivity contribution < 1.29 is 0 Å². The Kier molecular flexibility index (Phi) is 1.34. The van der Waals surface area contributed by atoms with Gasteiger partial charge in [-0.3, -0.25) is 4.98 Å². The van der Waals surface area contributed by atoms with Gasteiger partial charge < -0.3 is 5.73 Å². The highest BCUT2D eigenvalue weighted by molar-refractivity contribution is 5.32. The number of aromatic nitrogens is 1. The Morgan fingerprint density at radius 3 is 2.58 bits per heavy atom. The maximum Gasteiger partial charge on any atom is 0.0483 e. The quantitative estimate of drug-likeness (QED) is 0.682. The summed E-state index contributed by atoms with van der Waals surface area (Å²) in [7, 11) is 0. The number of hydrogen-bond acceptors (Lipinski definition) is 2. The molecule has 0 aliphatic heterocycles. The Labute approximate surface area is 72.8 Å². The van der Waals surface area contributed by atoms with Gasteiger partial charge in [0.2, 0.25) is 0 Å². The zero-order valence-electron chi connectivity index (χ0n) is 7.54. The van der Waals surface area contributed by atoms with E-state index < -0.39 is 0 Å². The van der Waals surface area contributed by atoms with E-state index in [-0.39, 0.29) is 11.0 Å². The van der Waals surface area contributed by atoms with Crippen LogP contribution in [0.4, 0.5) is 0 Å². The molecular formula is C10H14N2. The van der Waals surface area contributed by atoms with Gasteiger partial charge in [0.1, 0.15) is 0 Å². The fourth-order valence-electron chi connectivity index (χ4n) is 1.77. The molecule has 2 N–H and O–H groups in total. The standard InChI is InChI=1S/C10H14N2/c1-9(2)7-10(9,11)8-4-3-5-12-6-8/h3-6H,7,11H2,1-2H3. The van der Waals surface area contributed by atoms with Crippen LogP contribution >= 0.6 is 0 Å². The second-order valence-electron chi connectivity index (χ2n) is 4.27. The van der Waals surface area contributed by atoms with Crippen LogP contribution in [0, 0.1) is 5.41 Å². The molecule has 0 radical (unpaired) electrons. The molecular weight excluding hydrogens is 148 g/mol. The third kappa shape index (κ3) is 0.879. The lowest BCUT2D eigenvalue weighted by Gasteiger charge is -2.14. The van der Waals surface area contributed by atoms with Crippen molar-refractivity contribution in [1.29, 1.82) is 0 Å². The van der Waals surface area contributed by atoms with Gasteiger partial charge in [0.15, 0.2) is 0 Å². The van der Waals surface area contributed by atoms with Crippen molar-refractivity contribution in [3.63, 3.8) is 0 Å². The van der Waals surface area contributed by atoms with Crippen LogP contribution in [-0.4, -0.2) is 4.98 Å². The van der Waals surface area contributed by atoms with Gasteiger partial charge in [0, 0.05) is 17.9 Å². The van der Waals surface area contributed by atoms with Crippen LogP contribution < -0.4 is 5.73 Å². The molecule has 1 atom stereocenters. The zero-order valence-corrected chi connectivity index (χ0v) is 7.54. The van der Waals surface area contributed by atoms with Crippen LogP contribution in [0.15, 0.2) is 24.5 Å². The predicted molar refractivity (Wildman–Crippen MR) is 48.5 cm³/mol. The molecule has 1 fully saturated rings. The monoisotopic (exact) mass is 162 g/mol. The van der Waals surface area contributed by atoms with Gasteiger partial charge in [-0.15, -0.1) is 0 Å². The topological polar surface area (TPSA) is 38.9 Å². The average Bonchev–Trinajstić information content (AvgIpc) is 2.55. The van der Waals surface area contributed by atoms with Gasteiger partial charge in [-0.25, -0.2) is 0 Å². The molecule has 64 valence electrons. The maximum absolute atomic E-state index is 6.21. The molecule has 1 saturated carbocycles. The fraction of sp³-hybridized carbons (Fsp3) is 0.500. The summed E-state index contributed by atoms with van der Waals surface area (Å²) < 4.78 is 0. The minimum Gasteiger partial charge on any atom is -0.321 e. The van der Waals surface area contributed by atoms with Crippen LogP contribution in [0.2, 0.25) is 0 Å². The van der Waals surface area contributed by atoms with Crippen molar-refractivity contribution in [3.05, 3.63) is 30.1 Å². The molecule has 1 heterocycles. The van der Waals surface area contributed by atoms with E-state index in [4.69, 9.17) is 5.73 Å². The van der Waals surface area contributed by atoms with Gasteiger partial charge in [0.05, 0.1) is 0 Å². The smallest absolute Gasteiger partial charge is 0.0483 e. The minimum atomic E-state index is -0.124. The summed E-state index contributed by atoms with van der Waals surface area (Å²) in [6.45, 7) is 4.39. The normalized spacial score (nSPS) is 31.6. The van der Waals surface area contributed by atoms with Crippen LogP contribution in [0.5, 0.6) is 0 Å². The largest absolute Gasteiger partial charge is 0.321 e. The number of rotatable bonds is 1. The lowest BCUT2D eigenvalue weighted by Crippen LogP contribution is -2.25. The number of hydrogen-bond donors (Lipinski definition) is 1. The lowest BCUT2D eigenvalue weighted by atomic mass is 9.99. The fourth-order valence-corrected chi connectivity index (χ4v) is 1.77. The van der Waals surface area contributed by atoms with Crippen molar-refractivity contribution in [2.24, 2.45) is 11.1 Å². The Morgan fingerprint density at radius 1 is 1.50 bits per heavy atom. The molecule has 2 nitrogen and oxygen atoms in total. The maximum atomic E-state index is 6.21. The highest BCUT2D eigenvalue weighted by Crippen LogP contribution is 2.59. The molecule has 1 aromatic rings. The number of pyridine rings is 1. The summed E-state index contributed by atoms with van der Waals surface area (Å²) in [5, 5.41) is 0. The van der Waals surface area contributed by atoms with E-state index in [1.54, 1.807) is 6.20 Å². The first-order valence-corrected chi connectivity index (χ1v) is 4.26. The van der Waals surface area contributed by atoms with Crippen molar-refractivity contribution in [2.75, 3.05) is 0 Å². The van der Waals surface area contributed by atoms with E-state index in [0.29, 0.717) is 0 Å². The highest BCUT2D eigenvalue weighted by Gasteiger charge is 2.59. The zero-order chi connectivity index (χ0) is 8.82. The van der Waals surface area contributed by atoms with E-state index in [9.17, 15) is 0 Å². The Hall–Kier alpha value is -0.890. The van der Waals surface area contributed by atoms with Crippen molar-refractivity contribution in [2.45, 2.75) is 25.8 Å². The minimum absolute atomic E-state index is 0.124. The molecule has 0 spiro atoms. The summed E-state index contributed by atoms with van der Waals surface area (Å²) in [6.07, 6.45) is 4.71. The Morgan fingerprint density at radius 2 is 2.17 bits per heavy atom. The molecule has 1 unspecified atom stereocenters. The summed E-state index contributed by atoms with van der Waals surface area (Å²) in [5.74, 6) is 0. The van der Waals surface area contributed by atoms with Crippen molar-refractivity contribution in [3.8, 4) is 0 Å². The Balaban J connectivity index is 2.35. The SMILES string of the molecule is CC1(C)CC1(N)c1cccnc1. The molecule has 1 aliphatic rings. The third-order valence-corrected chi connectivity index (χ3v) is 2.98. The molecule has 0 bridgehead atoms. The molecule has 2 rings (SSSR count). The highest BCUT2D eigenvalue weighted by atomic mass is 14.9. The second-order valence-corrected chi connectivity index (χ2v) is 4.27. The van der Waals surface area contributed by atoms with Gasteiger partial charge in [0.25, 0.3) is 0 Å². The first-order valence-electron chi connectivity index (χ1n) is 4.26. The molecule has 2 heteroatoms. The first-order chi connectivity index (χ1) is 5.56. The molecule has 0 saturated heterocycles. The van der Waals surface area contributed by atoms with Gasteiger partial charge >= 0.3 is 0 Å². The first kappa shape index (κ1) is 7.74. The number of nitrogens with zero attached hydrogens (tertiary/aromatic N) is 1. The Bertz CT molecular complexity index is 292. The summed E-state index contributed by atoms with van der Waals surface area (Å²) >= 11 is 0. The van der Waals surface area contributed by atoms with Gasteiger partial charge in [-0.05, 0) is 23.5 Å². The summed E-state index contributed by atoms with van der Waals surface area (Å²) in [5.41, 5.74) is 7.49. The van der Waals surface area contributed by atoms with Gasteiger partial charge in [-0.1, -0.05) is 19.9 Å². The van der Waals surface area contributed by atoms with Crippen LogP contribution in [0.1, 0.15) is 25.8 Å². The molecule has 1 aliphatic carbocycles. The lowest BCUT2D eigenvalue weighted by molar-refractivity contribution is 0.509. The van der Waals surface area contributed by atoms with Crippen molar-refractivity contribution >= 4 is 0 Å². The average molecular weight is 162 g/mol. The molecule has 1 aromatic heterocycles. The van der Waals surface area contributed by atoms with E-state index in [2.05, 4.69) is 24.9 Å². The van der Waals surface area contributed by atoms with Gasteiger partial charge in [-0.2, -0.15) is 0 Å². The van der Waals surface area contributed by atoms with Crippen LogP contribution in [0.3, 0.4) is 0 Å². The van der Waals surface area contributed by atoms with Crippen molar-refractivity contribution in [1.82, 2.24) is 4.98 Å². The summed E-state index contributed by atoms with van der Waals surface area (Å²) in [4.78, 5) is 4.08. The van der Waals surface area contributed by atoms with E-state index in [0.717, 1.165) is 12.0 Å². The molecule has 0 amide bonds. The second kappa shape index (κ2) is 2.07. The third-order valence-electron chi connectivity index (χ3n) is 2.98. The predicted octanol–water partition coefficient (Wildman–Crippen LogP) is 1.67. The van der Waals surface area contributed by atoms with Crippen LogP contribution in [0.25, 0.3) is 0 Å². The number of nitrogens with two attached hydrogens (primary N) is 1. The molecule has 0 aromatic carbocycles. The van der Waals surface area contributed by atoms with Crippen LogP contribution in [-0.2, 0) is 5.54 Å².